The Hall–Kier alpha value is -1.94. The Balaban J connectivity index is 5.25. The molecule has 0 fully saturated rings. The van der Waals surface area contributed by atoms with Crippen LogP contribution in [0.1, 0.15) is 376 Å². The number of carbonyl (C=O) groups is 4. The van der Waals surface area contributed by atoms with Gasteiger partial charge in [0.2, 0.25) is 0 Å². The van der Waals surface area contributed by atoms with Crippen molar-refractivity contribution in [3.05, 3.63) is 0 Å². The number of aliphatic hydroxyl groups excluding tert-OH is 1. The van der Waals surface area contributed by atoms with Crippen LogP contribution in [0.2, 0.25) is 0 Å². The van der Waals surface area contributed by atoms with Crippen molar-refractivity contribution >= 4 is 39.5 Å². The molecule has 94 heavy (non-hydrogen) atoms. The van der Waals surface area contributed by atoms with Crippen LogP contribution < -0.4 is 0 Å². The van der Waals surface area contributed by atoms with Crippen LogP contribution in [0.15, 0.2) is 0 Å². The van der Waals surface area contributed by atoms with Crippen LogP contribution in [0.25, 0.3) is 0 Å². The highest BCUT2D eigenvalue weighted by Gasteiger charge is 2.30. The van der Waals surface area contributed by atoms with Gasteiger partial charge in [-0.15, -0.1) is 0 Å². The Kier molecular flexibility index (Phi) is 63.1. The zero-order chi connectivity index (χ0) is 69.6. The van der Waals surface area contributed by atoms with E-state index in [0.29, 0.717) is 25.7 Å². The van der Waals surface area contributed by atoms with E-state index in [2.05, 4.69) is 55.4 Å². The van der Waals surface area contributed by atoms with Gasteiger partial charge in [0.15, 0.2) is 12.2 Å². The first-order chi connectivity index (χ1) is 45.1. The van der Waals surface area contributed by atoms with Gasteiger partial charge in [-0.3, -0.25) is 37.3 Å². The average Bonchev–Trinajstić information content (AvgIpc) is 1.77. The lowest BCUT2D eigenvalue weighted by Gasteiger charge is -2.21. The third-order valence-electron chi connectivity index (χ3n) is 17.7. The summed E-state index contributed by atoms with van der Waals surface area (Å²) >= 11 is 0. The molecule has 0 saturated heterocycles. The summed E-state index contributed by atoms with van der Waals surface area (Å²) in [5.41, 5.74) is 0. The number of phosphoric acid groups is 2. The van der Waals surface area contributed by atoms with Gasteiger partial charge in [-0.05, 0) is 49.4 Å². The highest BCUT2D eigenvalue weighted by Crippen LogP contribution is 2.45. The molecule has 0 aromatic heterocycles. The second-order valence-electron chi connectivity index (χ2n) is 28.7. The topological polar surface area (TPSA) is 237 Å². The van der Waals surface area contributed by atoms with Gasteiger partial charge in [-0.1, -0.05) is 325 Å². The molecule has 558 valence electrons. The fourth-order valence-corrected chi connectivity index (χ4v) is 12.9. The first-order valence-corrected chi connectivity index (χ1v) is 41.7. The molecule has 0 bridgehead atoms. The monoisotopic (exact) mass is 1380 g/mol. The number of hydrogen-bond acceptors (Lipinski definition) is 15. The minimum atomic E-state index is -4.96. The number of aliphatic hydroxyl groups is 1. The summed E-state index contributed by atoms with van der Waals surface area (Å²) in [6.07, 6.45) is 48.5. The molecule has 4 unspecified atom stereocenters. The second kappa shape index (κ2) is 64.4. The minimum absolute atomic E-state index is 0.104. The van der Waals surface area contributed by atoms with E-state index in [0.717, 1.165) is 114 Å². The van der Waals surface area contributed by atoms with Gasteiger partial charge in [0.1, 0.15) is 19.3 Å². The summed E-state index contributed by atoms with van der Waals surface area (Å²) < 4.78 is 68.5. The first kappa shape index (κ1) is 92.1. The van der Waals surface area contributed by atoms with E-state index in [1.807, 2.05) is 0 Å². The van der Waals surface area contributed by atoms with Crippen LogP contribution in [0.3, 0.4) is 0 Å². The van der Waals surface area contributed by atoms with E-state index >= 15 is 0 Å². The Morgan fingerprint density at radius 2 is 0.511 bits per heavy atom. The summed E-state index contributed by atoms with van der Waals surface area (Å²) in [5, 5.41) is 10.6. The number of rotatable bonds is 72. The molecule has 0 aliphatic carbocycles. The van der Waals surface area contributed by atoms with E-state index in [4.69, 9.17) is 37.0 Å². The van der Waals surface area contributed by atoms with Crippen molar-refractivity contribution in [3.8, 4) is 0 Å². The zero-order valence-electron chi connectivity index (χ0n) is 61.6. The van der Waals surface area contributed by atoms with Crippen molar-refractivity contribution in [1.82, 2.24) is 0 Å². The lowest BCUT2D eigenvalue weighted by Crippen LogP contribution is -2.30. The summed E-state index contributed by atoms with van der Waals surface area (Å²) in [5.74, 6) is 0.937. The van der Waals surface area contributed by atoms with Gasteiger partial charge in [0.05, 0.1) is 26.4 Å². The van der Waals surface area contributed by atoms with Crippen molar-refractivity contribution in [1.29, 1.82) is 0 Å². The standard InChI is InChI=1S/C75H146O17P2/c1-9-68(8)54-46-38-30-24-26-34-42-50-58-75(80)92-71(62-86-73(78)56-48-40-32-25-23-29-37-45-53-67(6)7)64-90-94(83,84)88-60-69(76)59-87-93(81,82)89-63-70(91-74(79)57-49-41-33-22-18-14-16-20-28-36-44-52-66(4)5)61-85-72(77)55-47-39-31-21-17-13-11-10-12-15-19-27-35-43-51-65(2)3/h65-71,76H,9-64H2,1-8H3,(H,81,82)(H,83,84)/t68?,69?,70-,71-/m1/s1. The maximum Gasteiger partial charge on any atom is 0.472 e. The maximum absolute atomic E-state index is 13.1. The molecule has 0 radical (unpaired) electrons. The van der Waals surface area contributed by atoms with Gasteiger partial charge in [0, 0.05) is 25.7 Å². The van der Waals surface area contributed by atoms with Crippen LogP contribution in [0.5, 0.6) is 0 Å². The molecule has 0 amide bonds. The molecule has 3 N–H and O–H groups in total. The summed E-state index contributed by atoms with van der Waals surface area (Å²) in [6, 6.07) is 0. The first-order valence-electron chi connectivity index (χ1n) is 38.7. The van der Waals surface area contributed by atoms with Crippen LogP contribution in [-0.4, -0.2) is 96.7 Å². The maximum atomic E-state index is 13.1. The molecule has 0 heterocycles. The molecule has 0 aromatic rings. The van der Waals surface area contributed by atoms with Crippen LogP contribution in [-0.2, 0) is 65.4 Å². The quantitative estimate of drug-likeness (QED) is 0.0222. The van der Waals surface area contributed by atoms with Crippen molar-refractivity contribution in [3.63, 3.8) is 0 Å². The molecule has 19 heteroatoms. The van der Waals surface area contributed by atoms with Crippen LogP contribution >= 0.6 is 15.6 Å². The van der Waals surface area contributed by atoms with E-state index < -0.39 is 97.5 Å². The molecule has 0 saturated carbocycles. The second-order valence-corrected chi connectivity index (χ2v) is 31.6. The fraction of sp³-hybridized carbons (Fsp3) is 0.947. The van der Waals surface area contributed by atoms with Gasteiger partial charge >= 0.3 is 39.5 Å². The largest absolute Gasteiger partial charge is 0.472 e. The SMILES string of the molecule is CCC(C)CCCCCCCCCCC(=O)O[C@H](COC(=O)CCCCCCCCCCC(C)C)COP(=O)(O)OCC(O)COP(=O)(O)OC[C@@H](COC(=O)CCCCCCCCCCCCCCCCC(C)C)OC(=O)CCCCCCCCCCCCCC(C)C. The van der Waals surface area contributed by atoms with Gasteiger partial charge in [-0.2, -0.15) is 0 Å². The van der Waals surface area contributed by atoms with E-state index in [-0.39, 0.29) is 25.7 Å². The van der Waals surface area contributed by atoms with Gasteiger partial charge in [-0.25, -0.2) is 9.13 Å². The molecule has 0 spiro atoms. The minimum Gasteiger partial charge on any atom is -0.462 e. The third-order valence-corrected chi connectivity index (χ3v) is 19.6. The predicted octanol–water partition coefficient (Wildman–Crippen LogP) is 21.7. The molecule has 0 aromatic carbocycles. The number of unbranched alkanes of at least 4 members (excludes halogenated alkanes) is 37. The lowest BCUT2D eigenvalue weighted by molar-refractivity contribution is -0.161. The van der Waals surface area contributed by atoms with Crippen LogP contribution in [0, 0.1) is 23.7 Å². The Labute approximate surface area is 575 Å². The molecule has 0 aliphatic rings. The molecular weight excluding hydrogens is 1230 g/mol. The number of carbonyl (C=O) groups excluding carboxylic acids is 4. The number of esters is 4. The highest BCUT2D eigenvalue weighted by atomic mass is 31.2. The number of phosphoric ester groups is 2. The predicted molar refractivity (Wildman–Crippen MR) is 381 cm³/mol. The highest BCUT2D eigenvalue weighted by molar-refractivity contribution is 7.47. The molecule has 0 aliphatic heterocycles. The summed E-state index contributed by atoms with van der Waals surface area (Å²) in [7, 11) is -9.91. The van der Waals surface area contributed by atoms with Gasteiger partial charge < -0.3 is 33.8 Å². The number of ether oxygens (including phenoxy) is 4. The normalized spacial score (nSPS) is 14.4. The smallest absolute Gasteiger partial charge is 0.462 e. The van der Waals surface area contributed by atoms with Crippen molar-refractivity contribution < 1.29 is 80.2 Å². The molecule has 17 nitrogen and oxygen atoms in total. The molecule has 6 atom stereocenters. The lowest BCUT2D eigenvalue weighted by atomic mass is 9.99. The van der Waals surface area contributed by atoms with Gasteiger partial charge in [0.25, 0.3) is 0 Å². The molecular formula is C75H146O17P2. The number of hydrogen-bond donors (Lipinski definition) is 3. The van der Waals surface area contributed by atoms with Crippen molar-refractivity contribution in [2.45, 2.75) is 395 Å². The zero-order valence-corrected chi connectivity index (χ0v) is 63.4. The van der Waals surface area contributed by atoms with Crippen molar-refractivity contribution in [2.75, 3.05) is 39.6 Å². The summed E-state index contributed by atoms with van der Waals surface area (Å²) in [6.45, 7) is 14.2. The van der Waals surface area contributed by atoms with E-state index in [1.54, 1.807) is 0 Å². The summed E-state index contributed by atoms with van der Waals surface area (Å²) in [4.78, 5) is 72.8. The van der Waals surface area contributed by atoms with Crippen LogP contribution in [0.4, 0.5) is 0 Å². The Morgan fingerprint density at radius 3 is 0.755 bits per heavy atom. The van der Waals surface area contributed by atoms with Crippen molar-refractivity contribution in [2.24, 2.45) is 23.7 Å². The molecule has 0 rings (SSSR count). The van der Waals surface area contributed by atoms with E-state index in [1.165, 1.54) is 180 Å². The fourth-order valence-electron chi connectivity index (χ4n) is 11.3. The Bertz CT molecular complexity index is 1850. The third kappa shape index (κ3) is 67.3. The average molecular weight is 1380 g/mol. The Morgan fingerprint density at radius 1 is 0.298 bits per heavy atom. The van der Waals surface area contributed by atoms with E-state index in [9.17, 15) is 43.2 Å².